The van der Waals surface area contributed by atoms with E-state index in [1.807, 2.05) is 24.3 Å². The van der Waals surface area contributed by atoms with Crippen molar-refractivity contribution in [3.63, 3.8) is 0 Å². The van der Waals surface area contributed by atoms with Gasteiger partial charge in [0.05, 0.1) is 0 Å². The Bertz CT molecular complexity index is 805. The normalized spacial score (nSPS) is 13.4. The van der Waals surface area contributed by atoms with E-state index in [0.29, 0.717) is 24.9 Å². The molecule has 0 saturated carbocycles. The maximum atomic E-state index is 11.4. The Morgan fingerprint density at radius 2 is 2.15 bits per heavy atom. The second kappa shape index (κ2) is 7.74. The van der Waals surface area contributed by atoms with Crippen LogP contribution in [0.4, 0.5) is 5.82 Å². The number of ether oxygens (including phenoxy) is 2. The highest BCUT2D eigenvalue weighted by atomic mass is 16.5. The smallest absolute Gasteiger partial charge is 0.222 e. The van der Waals surface area contributed by atoms with Crippen molar-refractivity contribution >= 4 is 11.7 Å². The van der Waals surface area contributed by atoms with Crippen LogP contribution in [-0.2, 0) is 11.4 Å². The molecule has 0 bridgehead atoms. The molecule has 0 aliphatic carbocycles. The van der Waals surface area contributed by atoms with Crippen LogP contribution in [0.5, 0.6) is 11.5 Å². The molecule has 1 aromatic carbocycles. The quantitative estimate of drug-likeness (QED) is 0.830. The average molecular weight is 355 g/mol. The third kappa shape index (κ3) is 4.14. The van der Waals surface area contributed by atoms with Crippen LogP contribution in [0.15, 0.2) is 30.5 Å². The number of amides is 1. The molecule has 1 aliphatic heterocycles. The number of carbonyl (C=O) groups is 1. The molecule has 138 valence electrons. The highest BCUT2D eigenvalue weighted by Gasteiger charge is 2.21. The van der Waals surface area contributed by atoms with Crippen LogP contribution >= 0.6 is 0 Å². The van der Waals surface area contributed by atoms with Crippen molar-refractivity contribution in [3.05, 3.63) is 36.0 Å². The van der Waals surface area contributed by atoms with Crippen molar-refractivity contribution in [3.8, 4) is 22.6 Å². The number of pyridine rings is 1. The van der Waals surface area contributed by atoms with Gasteiger partial charge in [-0.25, -0.2) is 4.98 Å². The van der Waals surface area contributed by atoms with Crippen molar-refractivity contribution in [2.75, 3.05) is 11.9 Å². The standard InChI is InChI=1S/C20H25N3O3/c1-12(2)8-14(21)10-25-15-4-5-17-16-6-7-22-20(23-13(3)24)18(16)11-26-19(17)9-15/h4-7,9,12,14H,8,10-11,21H2,1-3H3,(H,22,23,24). The molecule has 0 radical (unpaired) electrons. The van der Waals surface area contributed by atoms with E-state index in [9.17, 15) is 4.79 Å². The number of hydrogen-bond acceptors (Lipinski definition) is 5. The Balaban J connectivity index is 1.79. The Morgan fingerprint density at radius 3 is 2.88 bits per heavy atom. The van der Waals surface area contributed by atoms with Gasteiger partial charge in [-0.15, -0.1) is 0 Å². The summed E-state index contributed by atoms with van der Waals surface area (Å²) in [5.41, 5.74) is 8.92. The minimum Gasteiger partial charge on any atom is -0.492 e. The fourth-order valence-corrected chi connectivity index (χ4v) is 3.13. The van der Waals surface area contributed by atoms with Crippen LogP contribution in [0.2, 0.25) is 0 Å². The van der Waals surface area contributed by atoms with Gasteiger partial charge in [0, 0.05) is 36.4 Å². The van der Waals surface area contributed by atoms with Crippen molar-refractivity contribution in [1.82, 2.24) is 4.98 Å². The number of anilines is 1. The van der Waals surface area contributed by atoms with Crippen molar-refractivity contribution in [2.45, 2.75) is 39.8 Å². The van der Waals surface area contributed by atoms with Gasteiger partial charge in [-0.05, 0) is 36.1 Å². The first kappa shape index (κ1) is 18.2. The lowest BCUT2D eigenvalue weighted by molar-refractivity contribution is -0.114. The van der Waals surface area contributed by atoms with Crippen LogP contribution in [-0.4, -0.2) is 23.5 Å². The van der Waals surface area contributed by atoms with Gasteiger partial charge in [0.15, 0.2) is 0 Å². The highest BCUT2D eigenvalue weighted by molar-refractivity contribution is 5.90. The summed E-state index contributed by atoms with van der Waals surface area (Å²) in [6.07, 6.45) is 2.61. The summed E-state index contributed by atoms with van der Waals surface area (Å²) < 4.78 is 11.7. The van der Waals surface area contributed by atoms with Gasteiger partial charge in [-0.1, -0.05) is 13.8 Å². The molecule has 26 heavy (non-hydrogen) atoms. The molecule has 6 nitrogen and oxygen atoms in total. The molecule has 6 heteroatoms. The monoisotopic (exact) mass is 355 g/mol. The minimum atomic E-state index is -0.154. The van der Waals surface area contributed by atoms with E-state index < -0.39 is 0 Å². The zero-order valence-electron chi connectivity index (χ0n) is 15.4. The SMILES string of the molecule is CC(=O)Nc1nccc2c1COc1cc(OCC(N)CC(C)C)ccc1-2. The van der Waals surface area contributed by atoms with Crippen LogP contribution in [0.3, 0.4) is 0 Å². The number of nitrogens with zero attached hydrogens (tertiary/aromatic N) is 1. The predicted molar refractivity (Wildman–Crippen MR) is 101 cm³/mol. The zero-order chi connectivity index (χ0) is 18.7. The molecule has 2 heterocycles. The summed E-state index contributed by atoms with van der Waals surface area (Å²) in [5, 5.41) is 2.75. The first-order chi connectivity index (χ1) is 12.4. The lowest BCUT2D eigenvalue weighted by atomic mass is 9.98. The maximum absolute atomic E-state index is 11.4. The molecular formula is C20H25N3O3. The average Bonchev–Trinajstić information content (AvgIpc) is 2.58. The van der Waals surface area contributed by atoms with Crippen LogP contribution in [0.1, 0.15) is 32.8 Å². The summed E-state index contributed by atoms with van der Waals surface area (Å²) >= 11 is 0. The molecule has 1 aliphatic rings. The highest BCUT2D eigenvalue weighted by Crippen LogP contribution is 2.41. The maximum Gasteiger partial charge on any atom is 0.222 e. The van der Waals surface area contributed by atoms with Crippen LogP contribution < -0.4 is 20.5 Å². The molecular weight excluding hydrogens is 330 g/mol. The molecule has 1 atom stereocenters. The molecule has 3 rings (SSSR count). The van der Waals surface area contributed by atoms with Gasteiger partial charge in [-0.3, -0.25) is 4.79 Å². The summed E-state index contributed by atoms with van der Waals surface area (Å²) in [6.45, 7) is 6.58. The Labute approximate surface area is 153 Å². The number of rotatable bonds is 6. The van der Waals surface area contributed by atoms with Gasteiger partial charge in [-0.2, -0.15) is 0 Å². The van der Waals surface area contributed by atoms with E-state index in [4.69, 9.17) is 15.2 Å². The predicted octanol–water partition coefficient (Wildman–Crippen LogP) is 3.35. The molecule has 2 aromatic rings. The second-order valence-corrected chi connectivity index (χ2v) is 7.01. The van der Waals surface area contributed by atoms with Crippen molar-refractivity contribution < 1.29 is 14.3 Å². The summed E-state index contributed by atoms with van der Waals surface area (Å²) in [7, 11) is 0. The Hall–Kier alpha value is -2.60. The molecule has 0 fully saturated rings. The third-order valence-electron chi connectivity index (χ3n) is 4.20. The number of nitrogens with two attached hydrogens (primary N) is 1. The third-order valence-corrected chi connectivity index (χ3v) is 4.20. The number of carbonyl (C=O) groups excluding carboxylic acids is 1. The number of hydrogen-bond donors (Lipinski definition) is 2. The minimum absolute atomic E-state index is 0.0129. The molecule has 0 spiro atoms. The molecule has 1 aromatic heterocycles. The van der Waals surface area contributed by atoms with Crippen molar-refractivity contribution in [2.24, 2.45) is 11.7 Å². The van der Waals surface area contributed by atoms with E-state index in [0.717, 1.165) is 34.6 Å². The first-order valence-electron chi connectivity index (χ1n) is 8.85. The summed E-state index contributed by atoms with van der Waals surface area (Å²) in [6, 6.07) is 7.71. The van der Waals surface area contributed by atoms with Gasteiger partial charge in [0.2, 0.25) is 5.91 Å². The van der Waals surface area contributed by atoms with E-state index in [1.54, 1.807) is 6.20 Å². The molecule has 1 amide bonds. The number of benzene rings is 1. The molecule has 0 saturated heterocycles. The lowest BCUT2D eigenvalue weighted by Crippen LogP contribution is -2.29. The first-order valence-corrected chi connectivity index (χ1v) is 8.85. The van der Waals surface area contributed by atoms with Crippen LogP contribution in [0.25, 0.3) is 11.1 Å². The lowest BCUT2D eigenvalue weighted by Gasteiger charge is -2.23. The molecule has 3 N–H and O–H groups in total. The topological polar surface area (TPSA) is 86.5 Å². The largest absolute Gasteiger partial charge is 0.492 e. The van der Waals surface area contributed by atoms with Gasteiger partial charge in [0.1, 0.15) is 30.5 Å². The van der Waals surface area contributed by atoms with Crippen LogP contribution in [0, 0.1) is 5.92 Å². The van der Waals surface area contributed by atoms with Gasteiger partial charge in [0.25, 0.3) is 0 Å². The summed E-state index contributed by atoms with van der Waals surface area (Å²) in [5.74, 6) is 2.43. The zero-order valence-corrected chi connectivity index (χ0v) is 15.4. The number of aromatic nitrogens is 1. The van der Waals surface area contributed by atoms with Gasteiger partial charge < -0.3 is 20.5 Å². The van der Waals surface area contributed by atoms with E-state index in [-0.39, 0.29) is 11.9 Å². The molecule has 1 unspecified atom stereocenters. The Morgan fingerprint density at radius 1 is 1.35 bits per heavy atom. The Kier molecular flexibility index (Phi) is 5.42. The van der Waals surface area contributed by atoms with E-state index >= 15 is 0 Å². The number of nitrogens with one attached hydrogen (secondary N) is 1. The second-order valence-electron chi connectivity index (χ2n) is 7.01. The number of fused-ring (bicyclic) bond motifs is 3. The fourth-order valence-electron chi connectivity index (χ4n) is 3.13. The van der Waals surface area contributed by atoms with Crippen molar-refractivity contribution in [1.29, 1.82) is 0 Å². The summed E-state index contributed by atoms with van der Waals surface area (Å²) in [4.78, 5) is 15.6. The van der Waals surface area contributed by atoms with E-state index in [1.165, 1.54) is 6.92 Å². The van der Waals surface area contributed by atoms with Gasteiger partial charge >= 0.3 is 0 Å². The fraction of sp³-hybridized carbons (Fsp3) is 0.400. The van der Waals surface area contributed by atoms with E-state index in [2.05, 4.69) is 24.1 Å².